The molecule has 0 saturated carbocycles. The first-order valence-corrected chi connectivity index (χ1v) is 5.53. The van der Waals surface area contributed by atoms with Crippen molar-refractivity contribution in [1.29, 1.82) is 0 Å². The van der Waals surface area contributed by atoms with Gasteiger partial charge in [0, 0.05) is 0 Å². The Hall–Kier alpha value is -0.760. The highest BCUT2D eigenvalue weighted by atomic mass is 35.5. The van der Waals surface area contributed by atoms with Crippen molar-refractivity contribution in [2.24, 2.45) is 5.92 Å². The van der Waals surface area contributed by atoms with Crippen molar-refractivity contribution in [3.8, 4) is 5.75 Å². The van der Waals surface area contributed by atoms with Crippen LogP contribution < -0.4 is 4.74 Å². The molecule has 1 aliphatic rings. The van der Waals surface area contributed by atoms with E-state index in [2.05, 4.69) is 0 Å². The quantitative estimate of drug-likeness (QED) is 0.770. The van der Waals surface area contributed by atoms with Crippen LogP contribution in [0.15, 0.2) is 12.1 Å². The minimum atomic E-state index is -0.233. The van der Waals surface area contributed by atoms with E-state index in [9.17, 15) is 4.39 Å². The van der Waals surface area contributed by atoms with E-state index in [0.717, 1.165) is 18.6 Å². The number of benzene rings is 1. The summed E-state index contributed by atoms with van der Waals surface area (Å²) in [6, 6.07) is 3.93. The monoisotopic (exact) mass is 228 g/mol. The normalized spacial score (nSPS) is 19.0. The molecule has 1 nitrogen and oxygen atoms in total. The number of alkyl halides is 1. The van der Waals surface area contributed by atoms with Crippen LogP contribution in [-0.4, -0.2) is 13.8 Å². The summed E-state index contributed by atoms with van der Waals surface area (Å²) in [5, 5.41) is 0.650. The van der Waals surface area contributed by atoms with E-state index in [1.165, 1.54) is 11.1 Å². The molecule has 82 valence electrons. The second kappa shape index (κ2) is 4.40. The molecule has 1 atom stereocenters. The predicted molar refractivity (Wildman–Crippen MR) is 59.5 cm³/mol. The minimum Gasteiger partial charge on any atom is -0.495 e. The topological polar surface area (TPSA) is 9.23 Å². The van der Waals surface area contributed by atoms with Gasteiger partial charge in [-0.2, -0.15) is 0 Å². The van der Waals surface area contributed by atoms with Crippen LogP contribution in [-0.2, 0) is 12.8 Å². The Balaban J connectivity index is 2.23. The van der Waals surface area contributed by atoms with E-state index in [-0.39, 0.29) is 6.67 Å². The van der Waals surface area contributed by atoms with Crippen molar-refractivity contribution in [2.45, 2.75) is 19.3 Å². The lowest BCUT2D eigenvalue weighted by Gasteiger charge is -2.05. The van der Waals surface area contributed by atoms with Gasteiger partial charge in [0.15, 0.2) is 0 Å². The first-order valence-electron chi connectivity index (χ1n) is 5.16. The van der Waals surface area contributed by atoms with Gasteiger partial charge >= 0.3 is 0 Å². The summed E-state index contributed by atoms with van der Waals surface area (Å²) in [6.45, 7) is -0.233. The lowest BCUT2D eigenvalue weighted by atomic mass is 10.0. The summed E-state index contributed by atoms with van der Waals surface area (Å²) < 4.78 is 17.4. The molecule has 1 aromatic rings. The Kier molecular flexibility index (Phi) is 3.15. The fourth-order valence-corrected chi connectivity index (χ4v) is 2.49. The van der Waals surface area contributed by atoms with Crippen molar-refractivity contribution >= 4 is 11.6 Å². The van der Waals surface area contributed by atoms with Crippen LogP contribution in [0.25, 0.3) is 0 Å². The Morgan fingerprint density at radius 2 is 2.07 bits per heavy atom. The highest BCUT2D eigenvalue weighted by molar-refractivity contribution is 6.32. The van der Waals surface area contributed by atoms with Gasteiger partial charge in [0.2, 0.25) is 0 Å². The van der Waals surface area contributed by atoms with Crippen LogP contribution in [0.2, 0.25) is 5.02 Å². The average Bonchev–Trinajstić information content (AvgIpc) is 2.58. The molecule has 0 aliphatic heterocycles. The molecule has 0 N–H and O–H groups in total. The third kappa shape index (κ3) is 2.10. The molecule has 0 heterocycles. The van der Waals surface area contributed by atoms with Gasteiger partial charge in [-0.1, -0.05) is 11.6 Å². The zero-order chi connectivity index (χ0) is 10.8. The van der Waals surface area contributed by atoms with Crippen LogP contribution >= 0.6 is 11.6 Å². The van der Waals surface area contributed by atoms with E-state index < -0.39 is 0 Å². The molecule has 0 radical (unpaired) electrons. The molecular formula is C12H14ClFO. The number of ether oxygens (including phenoxy) is 1. The zero-order valence-corrected chi connectivity index (χ0v) is 9.48. The van der Waals surface area contributed by atoms with E-state index in [0.29, 0.717) is 17.4 Å². The third-order valence-electron chi connectivity index (χ3n) is 3.01. The maximum absolute atomic E-state index is 12.2. The lowest BCUT2D eigenvalue weighted by Crippen LogP contribution is -1.99. The molecule has 0 spiro atoms. The summed E-state index contributed by atoms with van der Waals surface area (Å²) >= 11 is 6.03. The fraction of sp³-hybridized carbons (Fsp3) is 0.500. The van der Waals surface area contributed by atoms with Gasteiger partial charge in [0.25, 0.3) is 0 Å². The van der Waals surface area contributed by atoms with E-state index in [1.807, 2.05) is 12.1 Å². The molecule has 2 rings (SSSR count). The largest absolute Gasteiger partial charge is 0.495 e. The van der Waals surface area contributed by atoms with Gasteiger partial charge in [0.1, 0.15) is 5.75 Å². The van der Waals surface area contributed by atoms with Gasteiger partial charge in [-0.25, -0.2) is 0 Å². The number of methoxy groups -OCH3 is 1. The van der Waals surface area contributed by atoms with Crippen molar-refractivity contribution in [1.82, 2.24) is 0 Å². The SMILES string of the molecule is COc1cc2c(cc1Cl)CC(CCF)C2. The van der Waals surface area contributed by atoms with Crippen LogP contribution in [0.3, 0.4) is 0 Å². The molecule has 0 aromatic heterocycles. The third-order valence-corrected chi connectivity index (χ3v) is 3.30. The number of rotatable bonds is 3. The van der Waals surface area contributed by atoms with Crippen LogP contribution in [0, 0.1) is 5.92 Å². The number of halogens is 2. The molecule has 0 fully saturated rings. The summed E-state index contributed by atoms with van der Waals surface area (Å²) in [4.78, 5) is 0. The van der Waals surface area contributed by atoms with Crippen molar-refractivity contribution in [2.75, 3.05) is 13.8 Å². The molecule has 0 amide bonds. The fourth-order valence-electron chi connectivity index (χ4n) is 2.23. The first-order chi connectivity index (χ1) is 7.24. The molecule has 1 aliphatic carbocycles. The van der Waals surface area contributed by atoms with Gasteiger partial charge in [0.05, 0.1) is 18.8 Å². The van der Waals surface area contributed by atoms with Gasteiger partial charge < -0.3 is 4.74 Å². The first kappa shape index (κ1) is 10.7. The van der Waals surface area contributed by atoms with Crippen molar-refractivity contribution < 1.29 is 9.13 Å². The van der Waals surface area contributed by atoms with Crippen molar-refractivity contribution in [3.05, 3.63) is 28.3 Å². The number of fused-ring (bicyclic) bond motifs is 1. The van der Waals surface area contributed by atoms with Gasteiger partial charge in [-0.05, 0) is 48.4 Å². The smallest absolute Gasteiger partial charge is 0.137 e. The second-order valence-electron chi connectivity index (χ2n) is 4.01. The second-order valence-corrected chi connectivity index (χ2v) is 4.41. The molecule has 0 saturated heterocycles. The molecule has 1 unspecified atom stereocenters. The zero-order valence-electron chi connectivity index (χ0n) is 8.72. The highest BCUT2D eigenvalue weighted by Gasteiger charge is 2.22. The standard InChI is InChI=1S/C12H14ClFO/c1-15-12-7-10-5-8(2-3-14)4-9(10)6-11(12)13/h6-8H,2-5H2,1H3. The van der Waals surface area contributed by atoms with E-state index in [1.54, 1.807) is 7.11 Å². The Bertz CT molecular complexity index is 365. The molecule has 1 aromatic carbocycles. The Morgan fingerprint density at radius 3 is 2.67 bits per heavy atom. The summed E-state index contributed by atoms with van der Waals surface area (Å²) in [5.74, 6) is 1.16. The Morgan fingerprint density at radius 1 is 1.40 bits per heavy atom. The highest BCUT2D eigenvalue weighted by Crippen LogP contribution is 2.35. The van der Waals surface area contributed by atoms with Crippen LogP contribution in [0.1, 0.15) is 17.5 Å². The predicted octanol–water partition coefficient (Wildman–Crippen LogP) is 3.42. The molecule has 0 bridgehead atoms. The molecule has 3 heteroatoms. The minimum absolute atomic E-state index is 0.233. The number of hydrogen-bond donors (Lipinski definition) is 0. The van der Waals surface area contributed by atoms with Crippen LogP contribution in [0.4, 0.5) is 4.39 Å². The van der Waals surface area contributed by atoms with Gasteiger partial charge in [-0.15, -0.1) is 0 Å². The van der Waals surface area contributed by atoms with E-state index >= 15 is 0 Å². The van der Waals surface area contributed by atoms with Crippen LogP contribution in [0.5, 0.6) is 5.75 Å². The maximum atomic E-state index is 12.2. The number of hydrogen-bond acceptors (Lipinski definition) is 1. The average molecular weight is 229 g/mol. The maximum Gasteiger partial charge on any atom is 0.137 e. The lowest BCUT2D eigenvalue weighted by molar-refractivity contribution is 0.395. The van der Waals surface area contributed by atoms with Crippen molar-refractivity contribution in [3.63, 3.8) is 0 Å². The summed E-state index contributed by atoms with van der Waals surface area (Å²) in [5.41, 5.74) is 2.51. The Labute approximate surface area is 94.2 Å². The molecular weight excluding hydrogens is 215 g/mol. The molecule has 15 heavy (non-hydrogen) atoms. The van der Waals surface area contributed by atoms with E-state index in [4.69, 9.17) is 16.3 Å². The summed E-state index contributed by atoms with van der Waals surface area (Å²) in [7, 11) is 1.61. The summed E-state index contributed by atoms with van der Waals surface area (Å²) in [6.07, 6.45) is 2.55. The van der Waals surface area contributed by atoms with Gasteiger partial charge in [-0.3, -0.25) is 4.39 Å².